The Labute approximate surface area is 148 Å². The molecule has 25 heavy (non-hydrogen) atoms. The number of carbonyl (C=O) groups excluding carboxylic acids is 2. The van der Waals surface area contributed by atoms with E-state index in [1.54, 1.807) is 26.2 Å². The number of anilines is 1. The number of amides is 3. The van der Waals surface area contributed by atoms with Crippen molar-refractivity contribution in [3.8, 4) is 0 Å². The van der Waals surface area contributed by atoms with Gasteiger partial charge in [-0.15, -0.1) is 0 Å². The van der Waals surface area contributed by atoms with Crippen LogP contribution in [0.25, 0.3) is 0 Å². The molecule has 0 aliphatic rings. The zero-order valence-electron chi connectivity index (χ0n) is 15.1. The summed E-state index contributed by atoms with van der Waals surface area (Å²) in [5.74, 6) is -0.208. The highest BCUT2D eigenvalue weighted by Gasteiger charge is 2.12. The molecule has 0 bridgehead atoms. The largest absolute Gasteiger partial charge is 0.354 e. The van der Waals surface area contributed by atoms with E-state index >= 15 is 0 Å². The van der Waals surface area contributed by atoms with Gasteiger partial charge >= 0.3 is 6.03 Å². The van der Waals surface area contributed by atoms with Crippen LogP contribution in [0.3, 0.4) is 0 Å². The number of urea groups is 1. The maximum Gasteiger partial charge on any atom is 0.319 e. The van der Waals surface area contributed by atoms with Crippen molar-refractivity contribution in [2.45, 2.75) is 25.8 Å². The number of nitrogens with zero attached hydrogens (tertiary/aromatic N) is 3. The Hall–Kier alpha value is -2.83. The van der Waals surface area contributed by atoms with Crippen LogP contribution >= 0.6 is 0 Å². The van der Waals surface area contributed by atoms with Crippen LogP contribution in [0, 0.1) is 0 Å². The fourth-order valence-electron chi connectivity index (χ4n) is 2.44. The minimum absolute atomic E-state index is 0.0274. The lowest BCUT2D eigenvalue weighted by Crippen LogP contribution is -2.36. The van der Waals surface area contributed by atoms with Crippen LogP contribution in [-0.4, -0.2) is 46.5 Å². The zero-order valence-corrected chi connectivity index (χ0v) is 15.1. The van der Waals surface area contributed by atoms with Crippen LogP contribution in [0.2, 0.25) is 0 Å². The van der Waals surface area contributed by atoms with Crippen LogP contribution in [0.15, 0.2) is 36.7 Å². The van der Waals surface area contributed by atoms with Gasteiger partial charge in [0.1, 0.15) is 5.69 Å². The van der Waals surface area contributed by atoms with E-state index < -0.39 is 0 Å². The van der Waals surface area contributed by atoms with Crippen molar-refractivity contribution in [3.63, 3.8) is 0 Å². The topological polar surface area (TPSA) is 79.3 Å². The van der Waals surface area contributed by atoms with Gasteiger partial charge in [-0.25, -0.2) is 4.79 Å². The number of aromatic nitrogens is 2. The highest BCUT2D eigenvalue weighted by Crippen LogP contribution is 2.10. The lowest BCUT2D eigenvalue weighted by molar-refractivity contribution is 0.0822. The van der Waals surface area contributed by atoms with E-state index in [9.17, 15) is 9.59 Å². The third-order valence-electron chi connectivity index (χ3n) is 3.91. The summed E-state index contributed by atoms with van der Waals surface area (Å²) in [5, 5.41) is 5.65. The normalized spacial score (nSPS) is 11.7. The van der Waals surface area contributed by atoms with E-state index in [1.807, 2.05) is 26.2 Å². The first-order valence-electron chi connectivity index (χ1n) is 8.22. The highest BCUT2D eigenvalue weighted by molar-refractivity contribution is 5.95. The minimum atomic E-state index is -0.297. The molecule has 0 aliphatic heterocycles. The van der Waals surface area contributed by atoms with Crippen molar-refractivity contribution in [2.75, 3.05) is 19.4 Å². The van der Waals surface area contributed by atoms with Crippen molar-refractivity contribution in [1.82, 2.24) is 19.8 Å². The molecule has 0 spiro atoms. The lowest BCUT2D eigenvalue weighted by Gasteiger charge is -2.15. The average molecular weight is 343 g/mol. The Kier molecular flexibility index (Phi) is 6.16. The predicted molar refractivity (Wildman–Crippen MR) is 97.6 cm³/mol. The molecule has 0 fully saturated rings. The molecular weight excluding hydrogens is 318 g/mol. The quantitative estimate of drug-likeness (QED) is 0.844. The summed E-state index contributed by atoms with van der Waals surface area (Å²) in [7, 11) is 5.33. The van der Waals surface area contributed by atoms with Crippen molar-refractivity contribution in [2.24, 2.45) is 7.05 Å². The van der Waals surface area contributed by atoms with Gasteiger partial charge in [-0.2, -0.15) is 0 Å². The van der Waals surface area contributed by atoms with E-state index in [1.165, 1.54) is 16.8 Å². The Morgan fingerprint density at radius 2 is 2.08 bits per heavy atom. The summed E-state index contributed by atoms with van der Waals surface area (Å²) < 4.78 is 2.08. The SMILES string of the molecule is C[C@H](CCc1cccn1C)NC(=O)Nc1ccnc(C(=O)N(C)C)c1. The molecule has 7 heteroatoms. The molecular formula is C18H25N5O2. The summed E-state index contributed by atoms with van der Waals surface area (Å²) in [5.41, 5.74) is 2.06. The second kappa shape index (κ2) is 8.32. The van der Waals surface area contributed by atoms with E-state index in [4.69, 9.17) is 0 Å². The molecule has 0 aliphatic carbocycles. The predicted octanol–water partition coefficient (Wildman–Crippen LogP) is 2.26. The summed E-state index contributed by atoms with van der Waals surface area (Å²) in [6, 6.07) is 7.04. The number of hydrogen-bond donors (Lipinski definition) is 2. The Bertz CT molecular complexity index is 739. The summed E-state index contributed by atoms with van der Waals surface area (Å²) in [6.45, 7) is 1.97. The monoisotopic (exact) mass is 343 g/mol. The molecule has 0 saturated heterocycles. The number of aryl methyl sites for hydroxylation is 2. The molecule has 7 nitrogen and oxygen atoms in total. The third kappa shape index (κ3) is 5.34. The molecule has 134 valence electrons. The highest BCUT2D eigenvalue weighted by atomic mass is 16.2. The van der Waals surface area contributed by atoms with Crippen LogP contribution in [0.4, 0.5) is 10.5 Å². The van der Waals surface area contributed by atoms with Crippen molar-refractivity contribution in [3.05, 3.63) is 48.0 Å². The van der Waals surface area contributed by atoms with Crippen LogP contribution in [0.5, 0.6) is 0 Å². The Morgan fingerprint density at radius 1 is 1.32 bits per heavy atom. The molecule has 0 saturated carbocycles. The van der Waals surface area contributed by atoms with Gasteiger partial charge < -0.3 is 20.1 Å². The first kappa shape index (κ1) is 18.5. The molecule has 2 heterocycles. The second-order valence-corrected chi connectivity index (χ2v) is 6.28. The second-order valence-electron chi connectivity index (χ2n) is 6.28. The third-order valence-corrected chi connectivity index (χ3v) is 3.91. The molecule has 0 unspecified atom stereocenters. The van der Waals surface area contributed by atoms with Gasteiger partial charge in [0.25, 0.3) is 5.91 Å². The number of nitrogens with one attached hydrogen (secondary N) is 2. The van der Waals surface area contributed by atoms with Crippen LogP contribution in [-0.2, 0) is 13.5 Å². The van der Waals surface area contributed by atoms with E-state index in [0.717, 1.165) is 12.8 Å². The number of carbonyl (C=O) groups is 2. The average Bonchev–Trinajstić information content (AvgIpc) is 2.97. The smallest absolute Gasteiger partial charge is 0.319 e. The summed E-state index contributed by atoms with van der Waals surface area (Å²) in [4.78, 5) is 29.5. The molecule has 0 radical (unpaired) electrons. The molecule has 2 aromatic rings. The van der Waals surface area contributed by atoms with Gasteiger partial charge in [0.15, 0.2) is 0 Å². The standard InChI is InChI=1S/C18H25N5O2/c1-13(7-8-15-6-5-11-23(15)4)20-18(25)21-14-9-10-19-16(12-14)17(24)22(2)3/h5-6,9-13H,7-8H2,1-4H3,(H2,19,20,21,25)/t13-/m1/s1. The van der Waals surface area contributed by atoms with E-state index in [0.29, 0.717) is 11.4 Å². The van der Waals surface area contributed by atoms with Gasteiger partial charge in [0, 0.05) is 51.0 Å². The molecule has 2 rings (SSSR count). The molecule has 2 N–H and O–H groups in total. The van der Waals surface area contributed by atoms with Gasteiger partial charge in [0.05, 0.1) is 0 Å². The van der Waals surface area contributed by atoms with Crippen LogP contribution < -0.4 is 10.6 Å². The van der Waals surface area contributed by atoms with Crippen molar-refractivity contribution in [1.29, 1.82) is 0 Å². The number of pyridine rings is 1. The minimum Gasteiger partial charge on any atom is -0.354 e. The van der Waals surface area contributed by atoms with Gasteiger partial charge in [-0.05, 0) is 44.0 Å². The number of rotatable bonds is 6. The van der Waals surface area contributed by atoms with Gasteiger partial charge in [-0.1, -0.05) is 0 Å². The van der Waals surface area contributed by atoms with Crippen molar-refractivity contribution < 1.29 is 9.59 Å². The summed E-state index contributed by atoms with van der Waals surface area (Å²) in [6.07, 6.45) is 5.25. The Morgan fingerprint density at radius 3 is 2.72 bits per heavy atom. The lowest BCUT2D eigenvalue weighted by atomic mass is 10.1. The zero-order chi connectivity index (χ0) is 18.4. The van der Waals surface area contributed by atoms with Gasteiger partial charge in [0.2, 0.25) is 0 Å². The molecule has 1 atom stereocenters. The van der Waals surface area contributed by atoms with E-state index in [-0.39, 0.29) is 18.0 Å². The first-order valence-corrected chi connectivity index (χ1v) is 8.22. The maximum atomic E-state index is 12.1. The van der Waals surface area contributed by atoms with Crippen molar-refractivity contribution >= 4 is 17.6 Å². The van der Waals surface area contributed by atoms with Crippen LogP contribution in [0.1, 0.15) is 29.5 Å². The van der Waals surface area contributed by atoms with Gasteiger partial charge in [-0.3, -0.25) is 9.78 Å². The number of hydrogen-bond acceptors (Lipinski definition) is 3. The first-order chi connectivity index (χ1) is 11.9. The Balaban J connectivity index is 1.86. The maximum absolute atomic E-state index is 12.1. The molecule has 2 aromatic heterocycles. The van der Waals surface area contributed by atoms with E-state index in [2.05, 4.69) is 26.3 Å². The molecule has 3 amide bonds. The molecule has 0 aromatic carbocycles. The fraction of sp³-hybridized carbons (Fsp3) is 0.389. The summed E-state index contributed by atoms with van der Waals surface area (Å²) >= 11 is 0. The fourth-order valence-corrected chi connectivity index (χ4v) is 2.44.